The van der Waals surface area contributed by atoms with Crippen molar-refractivity contribution in [2.75, 3.05) is 39.5 Å². The van der Waals surface area contributed by atoms with Gasteiger partial charge in [-0.05, 0) is 23.6 Å². The Balaban J connectivity index is 1.74. The van der Waals surface area contributed by atoms with Gasteiger partial charge in [0.2, 0.25) is 0 Å². The lowest BCUT2D eigenvalue weighted by atomic mass is 10.1. The molecule has 124 valence electrons. The molecule has 0 amide bonds. The first-order chi connectivity index (χ1) is 11.0. The lowest BCUT2D eigenvalue weighted by molar-refractivity contribution is 0.0322. The Morgan fingerprint density at radius 3 is 2.70 bits per heavy atom. The molecule has 1 aliphatic rings. The van der Waals surface area contributed by atoms with Crippen molar-refractivity contribution in [3.63, 3.8) is 0 Å². The minimum Gasteiger partial charge on any atom is -0.492 e. The second-order valence-electron chi connectivity index (χ2n) is 5.42. The molecule has 3 rings (SSSR count). The molecule has 1 heterocycles. The summed E-state index contributed by atoms with van der Waals surface area (Å²) >= 11 is 0. The van der Waals surface area contributed by atoms with Gasteiger partial charge < -0.3 is 9.47 Å². The zero-order valence-electron chi connectivity index (χ0n) is 12.6. The third-order valence-electron chi connectivity index (χ3n) is 3.87. The van der Waals surface area contributed by atoms with E-state index >= 15 is 0 Å². The lowest BCUT2D eigenvalue weighted by Gasteiger charge is -2.26. The van der Waals surface area contributed by atoms with Crippen LogP contribution in [0.1, 0.15) is 0 Å². The first-order valence-corrected chi connectivity index (χ1v) is 8.91. The number of rotatable bonds is 5. The Bertz CT molecular complexity index is 784. The van der Waals surface area contributed by atoms with Gasteiger partial charge in [-0.3, -0.25) is 9.45 Å². The molecule has 1 aliphatic heterocycles. The Labute approximate surface area is 135 Å². The van der Waals surface area contributed by atoms with E-state index in [9.17, 15) is 13.0 Å². The van der Waals surface area contributed by atoms with E-state index in [1.807, 2.05) is 0 Å². The van der Waals surface area contributed by atoms with Crippen molar-refractivity contribution in [2.24, 2.45) is 0 Å². The first-order valence-electron chi connectivity index (χ1n) is 7.47. The van der Waals surface area contributed by atoms with E-state index in [0.717, 1.165) is 38.2 Å². The molecule has 1 N–H and O–H groups in total. The first kappa shape index (κ1) is 16.2. The van der Waals surface area contributed by atoms with Crippen molar-refractivity contribution in [1.29, 1.82) is 0 Å². The molecule has 1 fully saturated rings. The molecular weight excluding hydrogens is 318 g/mol. The normalized spacial score (nSPS) is 16.6. The van der Waals surface area contributed by atoms with Crippen molar-refractivity contribution in [3.8, 4) is 5.75 Å². The maximum atomic E-state index is 11.5. The number of benzene rings is 2. The van der Waals surface area contributed by atoms with Gasteiger partial charge in [-0.15, -0.1) is 0 Å². The molecule has 0 aromatic heterocycles. The van der Waals surface area contributed by atoms with Gasteiger partial charge in [0.25, 0.3) is 10.1 Å². The van der Waals surface area contributed by atoms with Crippen molar-refractivity contribution in [1.82, 2.24) is 4.90 Å². The van der Waals surface area contributed by atoms with Crippen LogP contribution in [0.15, 0.2) is 41.3 Å². The minimum absolute atomic E-state index is 0.103. The number of fused-ring (bicyclic) bond motifs is 1. The molecule has 0 atom stereocenters. The fourth-order valence-corrected chi connectivity index (χ4v) is 3.36. The second-order valence-corrected chi connectivity index (χ2v) is 6.81. The maximum absolute atomic E-state index is 11.5. The Morgan fingerprint density at radius 2 is 1.96 bits per heavy atom. The molecular formula is C16H19NO5S. The van der Waals surface area contributed by atoms with Gasteiger partial charge in [0.1, 0.15) is 17.3 Å². The summed E-state index contributed by atoms with van der Waals surface area (Å²) < 4.78 is 43.3. The largest absolute Gasteiger partial charge is 0.492 e. The number of morpholine rings is 1. The summed E-state index contributed by atoms with van der Waals surface area (Å²) in [6, 6.07) is 10.0. The van der Waals surface area contributed by atoms with E-state index in [1.54, 1.807) is 30.3 Å². The predicted molar refractivity (Wildman–Crippen MR) is 86.5 cm³/mol. The number of hydrogen-bond donors (Lipinski definition) is 1. The zero-order chi connectivity index (χ0) is 16.3. The zero-order valence-corrected chi connectivity index (χ0v) is 13.5. The van der Waals surface area contributed by atoms with E-state index in [2.05, 4.69) is 4.90 Å². The van der Waals surface area contributed by atoms with Crippen LogP contribution in [-0.4, -0.2) is 57.3 Å². The summed E-state index contributed by atoms with van der Waals surface area (Å²) in [5, 5.41) is 1.19. The smallest absolute Gasteiger partial charge is 0.295 e. The van der Waals surface area contributed by atoms with E-state index in [0.29, 0.717) is 17.7 Å². The number of nitrogens with zero attached hydrogens (tertiary/aromatic N) is 1. The maximum Gasteiger partial charge on any atom is 0.295 e. The molecule has 0 spiro atoms. The number of ether oxygens (including phenoxy) is 2. The Hall–Kier alpha value is -1.67. The van der Waals surface area contributed by atoms with Crippen LogP contribution < -0.4 is 4.74 Å². The lowest BCUT2D eigenvalue weighted by Crippen LogP contribution is -2.38. The SMILES string of the molecule is O=S(=O)(O)c1cccc2ccc(OCCN3CCOCC3)cc12. The molecule has 0 unspecified atom stereocenters. The fourth-order valence-electron chi connectivity index (χ4n) is 2.66. The summed E-state index contributed by atoms with van der Waals surface area (Å²) in [5.74, 6) is 0.585. The third kappa shape index (κ3) is 4.00. The van der Waals surface area contributed by atoms with Gasteiger partial charge in [0.05, 0.1) is 13.2 Å². The Kier molecular flexibility index (Phi) is 4.82. The minimum atomic E-state index is -4.26. The van der Waals surface area contributed by atoms with E-state index in [1.165, 1.54) is 6.07 Å². The molecule has 6 nitrogen and oxygen atoms in total. The molecule has 0 aliphatic carbocycles. The molecule has 1 saturated heterocycles. The van der Waals surface area contributed by atoms with Crippen LogP contribution in [-0.2, 0) is 14.9 Å². The molecule has 0 radical (unpaired) electrons. The van der Waals surface area contributed by atoms with Gasteiger partial charge in [-0.1, -0.05) is 18.2 Å². The second kappa shape index (κ2) is 6.84. The highest BCUT2D eigenvalue weighted by Gasteiger charge is 2.14. The Morgan fingerprint density at radius 1 is 1.17 bits per heavy atom. The van der Waals surface area contributed by atoms with Crippen LogP contribution in [0.2, 0.25) is 0 Å². The molecule has 2 aromatic rings. The highest BCUT2D eigenvalue weighted by Crippen LogP contribution is 2.27. The summed E-state index contributed by atoms with van der Waals surface area (Å²) in [5.41, 5.74) is 0. The van der Waals surface area contributed by atoms with Gasteiger partial charge in [0, 0.05) is 25.0 Å². The molecule has 23 heavy (non-hydrogen) atoms. The van der Waals surface area contributed by atoms with Crippen molar-refractivity contribution in [3.05, 3.63) is 36.4 Å². The van der Waals surface area contributed by atoms with Gasteiger partial charge in [-0.25, -0.2) is 0 Å². The average Bonchev–Trinajstić information content (AvgIpc) is 2.54. The topological polar surface area (TPSA) is 76.1 Å². The van der Waals surface area contributed by atoms with Crippen LogP contribution in [0, 0.1) is 0 Å². The molecule has 7 heteroatoms. The highest BCUT2D eigenvalue weighted by molar-refractivity contribution is 7.86. The quantitative estimate of drug-likeness (QED) is 0.839. The van der Waals surface area contributed by atoms with Crippen LogP contribution in [0.3, 0.4) is 0 Å². The summed E-state index contributed by atoms with van der Waals surface area (Å²) in [4.78, 5) is 2.15. The van der Waals surface area contributed by atoms with E-state index in [-0.39, 0.29) is 4.90 Å². The standard InChI is InChI=1S/C16H19NO5S/c18-23(19,20)16-3-1-2-13-4-5-14(12-15(13)16)22-11-8-17-6-9-21-10-7-17/h1-5,12H,6-11H2,(H,18,19,20). The molecule has 2 aromatic carbocycles. The average molecular weight is 337 g/mol. The molecule has 0 bridgehead atoms. The fraction of sp³-hybridized carbons (Fsp3) is 0.375. The summed E-state index contributed by atoms with van der Waals surface area (Å²) in [6.45, 7) is 4.59. The third-order valence-corrected chi connectivity index (χ3v) is 4.78. The number of hydrogen-bond acceptors (Lipinski definition) is 5. The van der Waals surface area contributed by atoms with E-state index in [4.69, 9.17) is 9.47 Å². The van der Waals surface area contributed by atoms with Crippen LogP contribution in [0.4, 0.5) is 0 Å². The van der Waals surface area contributed by atoms with Crippen LogP contribution in [0.5, 0.6) is 5.75 Å². The van der Waals surface area contributed by atoms with Crippen LogP contribution >= 0.6 is 0 Å². The van der Waals surface area contributed by atoms with Crippen LogP contribution in [0.25, 0.3) is 10.8 Å². The van der Waals surface area contributed by atoms with Crippen molar-refractivity contribution < 1.29 is 22.4 Å². The van der Waals surface area contributed by atoms with Gasteiger partial charge in [0.15, 0.2) is 0 Å². The van der Waals surface area contributed by atoms with Gasteiger partial charge in [-0.2, -0.15) is 8.42 Å². The van der Waals surface area contributed by atoms with Gasteiger partial charge >= 0.3 is 0 Å². The molecule has 0 saturated carbocycles. The summed E-state index contributed by atoms with van der Waals surface area (Å²) in [6.07, 6.45) is 0. The monoisotopic (exact) mass is 337 g/mol. The van der Waals surface area contributed by atoms with E-state index < -0.39 is 10.1 Å². The summed E-state index contributed by atoms with van der Waals surface area (Å²) in [7, 11) is -4.26. The predicted octanol–water partition coefficient (Wildman–Crippen LogP) is 1.80. The van der Waals surface area contributed by atoms with Crippen molar-refractivity contribution >= 4 is 20.9 Å². The highest BCUT2D eigenvalue weighted by atomic mass is 32.2. The van der Waals surface area contributed by atoms with Crippen molar-refractivity contribution in [2.45, 2.75) is 4.90 Å².